The molecule has 0 saturated carbocycles. The molecule has 1 fully saturated rings. The molecule has 2 heterocycles. The summed E-state index contributed by atoms with van der Waals surface area (Å²) in [6.45, 7) is 13.1. The van der Waals surface area contributed by atoms with Gasteiger partial charge in [-0.15, -0.1) is 24.0 Å². The molecule has 31 heavy (non-hydrogen) atoms. The van der Waals surface area contributed by atoms with Gasteiger partial charge in [0.05, 0.1) is 23.6 Å². The Morgan fingerprint density at radius 2 is 1.87 bits per heavy atom. The lowest BCUT2D eigenvalue weighted by atomic mass is 10.1. The number of guanidine groups is 1. The Hall–Kier alpha value is -1.65. The zero-order chi connectivity index (χ0) is 21.5. The molecule has 0 spiro atoms. The Morgan fingerprint density at radius 1 is 1.16 bits per heavy atom. The molecule has 1 saturated heterocycles. The number of aromatic nitrogens is 2. The van der Waals surface area contributed by atoms with Crippen molar-refractivity contribution in [2.45, 2.75) is 52.9 Å². The molecule has 172 valence electrons. The number of rotatable bonds is 7. The van der Waals surface area contributed by atoms with E-state index in [9.17, 15) is 0 Å². The summed E-state index contributed by atoms with van der Waals surface area (Å²) in [7, 11) is 1.81. The van der Waals surface area contributed by atoms with E-state index in [1.807, 2.05) is 18.7 Å². The van der Waals surface area contributed by atoms with Gasteiger partial charge in [0.15, 0.2) is 5.96 Å². The highest BCUT2D eigenvalue weighted by Crippen LogP contribution is 2.17. The fraction of sp³-hybridized carbons (Fsp3) is 0.565. The maximum atomic E-state index is 5.81. The Labute approximate surface area is 203 Å². The van der Waals surface area contributed by atoms with Gasteiger partial charge < -0.3 is 15.4 Å². The number of morpholine rings is 1. The van der Waals surface area contributed by atoms with Gasteiger partial charge >= 0.3 is 0 Å². The minimum atomic E-state index is 0. The smallest absolute Gasteiger partial charge is 0.191 e. The summed E-state index contributed by atoms with van der Waals surface area (Å²) in [5, 5.41) is 11.5. The number of hydrogen-bond donors (Lipinski definition) is 2. The molecule has 0 aliphatic carbocycles. The Bertz CT molecular complexity index is 842. The van der Waals surface area contributed by atoms with E-state index in [4.69, 9.17) is 4.74 Å². The number of halogens is 1. The minimum absolute atomic E-state index is 0. The maximum absolute atomic E-state index is 5.81. The molecule has 1 aromatic carbocycles. The van der Waals surface area contributed by atoms with E-state index in [1.165, 1.54) is 5.56 Å². The van der Waals surface area contributed by atoms with Crippen molar-refractivity contribution in [3.63, 3.8) is 0 Å². The summed E-state index contributed by atoms with van der Waals surface area (Å²) < 4.78 is 7.82. The molecule has 3 rings (SSSR count). The quantitative estimate of drug-likeness (QED) is 0.244. The predicted octanol–water partition coefficient (Wildman–Crippen LogP) is 3.27. The van der Waals surface area contributed by atoms with Crippen LogP contribution in [0.3, 0.4) is 0 Å². The molecule has 7 nitrogen and oxygen atoms in total. The lowest BCUT2D eigenvalue weighted by Gasteiger charge is -2.35. The highest BCUT2D eigenvalue weighted by atomic mass is 127. The average Bonchev–Trinajstić information content (AvgIpc) is 3.05. The topological polar surface area (TPSA) is 66.7 Å². The third kappa shape index (κ3) is 7.47. The van der Waals surface area contributed by atoms with Crippen molar-refractivity contribution in [2.24, 2.45) is 4.99 Å². The van der Waals surface area contributed by atoms with Gasteiger partial charge in [0, 0.05) is 45.5 Å². The van der Waals surface area contributed by atoms with Crippen molar-refractivity contribution >= 4 is 29.9 Å². The van der Waals surface area contributed by atoms with Crippen LogP contribution in [0, 0.1) is 13.8 Å². The average molecular weight is 540 g/mol. The number of hydrogen-bond acceptors (Lipinski definition) is 4. The summed E-state index contributed by atoms with van der Waals surface area (Å²) in [6, 6.07) is 10.5. The molecule has 2 unspecified atom stereocenters. The molecular formula is C23H37IN6O. The number of aliphatic imine (C=N–C) groups is 1. The van der Waals surface area contributed by atoms with E-state index in [0.717, 1.165) is 55.6 Å². The van der Waals surface area contributed by atoms with Gasteiger partial charge in [-0.05, 0) is 51.8 Å². The number of aryl methyl sites for hydroxylation is 2. The zero-order valence-corrected chi connectivity index (χ0v) is 21.7. The maximum Gasteiger partial charge on any atom is 0.191 e. The molecule has 1 aromatic heterocycles. The molecule has 0 amide bonds. The summed E-state index contributed by atoms with van der Waals surface area (Å²) >= 11 is 0. The Kier molecular flexibility index (Phi) is 10.2. The molecule has 0 radical (unpaired) electrons. The van der Waals surface area contributed by atoms with E-state index >= 15 is 0 Å². The number of nitrogens with zero attached hydrogens (tertiary/aromatic N) is 4. The molecular weight excluding hydrogens is 503 g/mol. The Balaban J connectivity index is 0.00000341. The van der Waals surface area contributed by atoms with Crippen molar-refractivity contribution in [1.82, 2.24) is 25.3 Å². The monoisotopic (exact) mass is 540 g/mol. The van der Waals surface area contributed by atoms with Crippen LogP contribution < -0.4 is 10.6 Å². The van der Waals surface area contributed by atoms with Crippen LogP contribution in [-0.4, -0.2) is 66.1 Å². The second-order valence-corrected chi connectivity index (χ2v) is 8.19. The summed E-state index contributed by atoms with van der Waals surface area (Å²) in [4.78, 5) is 6.86. The summed E-state index contributed by atoms with van der Waals surface area (Å²) in [5.41, 5.74) is 4.44. The van der Waals surface area contributed by atoms with E-state index in [0.29, 0.717) is 18.8 Å². The highest BCUT2D eigenvalue weighted by molar-refractivity contribution is 14.0. The van der Waals surface area contributed by atoms with Crippen LogP contribution in [0.15, 0.2) is 35.3 Å². The van der Waals surface area contributed by atoms with Gasteiger partial charge in [0.1, 0.15) is 0 Å². The van der Waals surface area contributed by atoms with Crippen molar-refractivity contribution in [1.29, 1.82) is 0 Å². The standard InChI is InChI=1S/C23H36N6O.HI/c1-17-13-18(2)29(27-17)22-10-7-6-9-21(22)14-26-23(24-5)25-11-8-12-28-15-19(3)30-20(4)16-28;/h6-7,9-10,13,19-20H,8,11-12,14-16H2,1-5H3,(H2,24,25,26);1H. The third-order valence-corrected chi connectivity index (χ3v) is 5.34. The lowest BCUT2D eigenvalue weighted by molar-refractivity contribution is -0.0679. The molecule has 2 atom stereocenters. The fourth-order valence-electron chi connectivity index (χ4n) is 4.12. The van der Waals surface area contributed by atoms with Gasteiger partial charge in [-0.2, -0.15) is 5.10 Å². The fourth-order valence-corrected chi connectivity index (χ4v) is 4.12. The molecule has 1 aliphatic rings. The summed E-state index contributed by atoms with van der Waals surface area (Å²) in [6.07, 6.45) is 1.71. The van der Waals surface area contributed by atoms with Gasteiger partial charge in [-0.3, -0.25) is 9.89 Å². The normalized spacial score (nSPS) is 19.7. The van der Waals surface area contributed by atoms with Crippen LogP contribution in [-0.2, 0) is 11.3 Å². The first-order valence-electron chi connectivity index (χ1n) is 10.9. The minimum Gasteiger partial charge on any atom is -0.373 e. The van der Waals surface area contributed by atoms with Crippen molar-refractivity contribution in [3.05, 3.63) is 47.3 Å². The summed E-state index contributed by atoms with van der Waals surface area (Å²) in [5.74, 6) is 0.821. The van der Waals surface area contributed by atoms with E-state index < -0.39 is 0 Å². The number of nitrogens with one attached hydrogen (secondary N) is 2. The molecule has 8 heteroatoms. The van der Waals surface area contributed by atoms with Gasteiger partial charge in [-0.1, -0.05) is 18.2 Å². The van der Waals surface area contributed by atoms with Crippen LogP contribution in [0.4, 0.5) is 0 Å². The van der Waals surface area contributed by atoms with E-state index in [1.54, 1.807) is 0 Å². The second-order valence-electron chi connectivity index (χ2n) is 8.19. The molecule has 2 N–H and O–H groups in total. The van der Waals surface area contributed by atoms with Crippen molar-refractivity contribution < 1.29 is 4.74 Å². The Morgan fingerprint density at radius 3 is 2.52 bits per heavy atom. The number of ether oxygens (including phenoxy) is 1. The molecule has 2 aromatic rings. The molecule has 1 aliphatic heterocycles. The SMILES string of the molecule is CN=C(NCCCN1CC(C)OC(C)C1)NCc1ccccc1-n1nc(C)cc1C.I. The first kappa shape index (κ1) is 25.6. The van der Waals surface area contributed by atoms with Crippen LogP contribution in [0.1, 0.15) is 37.2 Å². The van der Waals surface area contributed by atoms with Crippen LogP contribution in [0.25, 0.3) is 5.69 Å². The zero-order valence-electron chi connectivity index (χ0n) is 19.4. The predicted molar refractivity (Wildman–Crippen MR) is 138 cm³/mol. The third-order valence-electron chi connectivity index (χ3n) is 5.34. The van der Waals surface area contributed by atoms with Gasteiger partial charge in [0.25, 0.3) is 0 Å². The van der Waals surface area contributed by atoms with Gasteiger partial charge in [0.2, 0.25) is 0 Å². The van der Waals surface area contributed by atoms with Crippen molar-refractivity contribution in [2.75, 3.05) is 33.2 Å². The number of benzene rings is 1. The van der Waals surface area contributed by atoms with E-state index in [-0.39, 0.29) is 24.0 Å². The number of para-hydroxylation sites is 1. The van der Waals surface area contributed by atoms with Crippen LogP contribution in [0.2, 0.25) is 0 Å². The largest absolute Gasteiger partial charge is 0.373 e. The van der Waals surface area contributed by atoms with Gasteiger partial charge in [-0.25, -0.2) is 4.68 Å². The van der Waals surface area contributed by atoms with Crippen LogP contribution >= 0.6 is 24.0 Å². The second kappa shape index (κ2) is 12.4. The first-order valence-corrected chi connectivity index (χ1v) is 10.9. The lowest BCUT2D eigenvalue weighted by Crippen LogP contribution is -2.46. The first-order chi connectivity index (χ1) is 14.5. The van der Waals surface area contributed by atoms with Crippen molar-refractivity contribution in [3.8, 4) is 5.69 Å². The van der Waals surface area contributed by atoms with E-state index in [2.05, 4.69) is 76.7 Å². The van der Waals surface area contributed by atoms with Crippen LogP contribution in [0.5, 0.6) is 0 Å². The highest BCUT2D eigenvalue weighted by Gasteiger charge is 2.21. The molecule has 0 bridgehead atoms.